The van der Waals surface area contributed by atoms with Crippen LogP contribution in [0, 0.1) is 47.5 Å². The molecule has 0 N–H and O–H groups in total. The summed E-state index contributed by atoms with van der Waals surface area (Å²) in [7, 11) is -2.59. The highest BCUT2D eigenvalue weighted by molar-refractivity contribution is 7.80. The van der Waals surface area contributed by atoms with Gasteiger partial charge < -0.3 is 0 Å². The van der Waals surface area contributed by atoms with Gasteiger partial charge in [0.05, 0.1) is 11.1 Å². The van der Waals surface area contributed by atoms with E-state index in [0.29, 0.717) is 5.66 Å². The first-order valence-corrected chi connectivity index (χ1v) is 20.9. The van der Waals surface area contributed by atoms with E-state index < -0.39 is 39.3 Å². The van der Waals surface area contributed by atoms with Gasteiger partial charge in [-0.2, -0.15) is 26.3 Å². The quantitative estimate of drug-likeness (QED) is 0.109. The molecule has 8 heteroatoms. The van der Waals surface area contributed by atoms with E-state index in [4.69, 9.17) is 0 Å². The number of hydrogen-bond acceptors (Lipinski definition) is 0. The molecule has 53 heavy (non-hydrogen) atoms. The highest BCUT2D eigenvalue weighted by atomic mass is 31.1. The first kappa shape index (κ1) is 39.2. The average molecular weight is 763 g/mol. The molecule has 4 atom stereocenters. The van der Waals surface area contributed by atoms with Gasteiger partial charge >= 0.3 is 12.4 Å². The average Bonchev–Trinajstić information content (AvgIpc) is 3.54. The molecule has 1 aliphatic rings. The molecule has 0 nitrogen and oxygen atoms in total. The van der Waals surface area contributed by atoms with Gasteiger partial charge in [-0.3, -0.25) is 0 Å². The standard InChI is InChI=1S/C45H46F6P2/c1-27-15-16-32(6)43(23-27)53(38-25-34(44(46,47)48)24-35(26-38)45(49,50)51)42-13-9-8-11-39(42)33(7)40-12-10-14-41(40)52(36-19-28(2)17-29(3)20-36)37-21-30(4)18-31(5)22-37/h8-9,11,13,15-26,33,40-41H,10,12,14H2,1-7H3. The third-order valence-electron chi connectivity index (χ3n) is 10.6. The molecule has 5 aromatic rings. The summed E-state index contributed by atoms with van der Waals surface area (Å²) in [4.78, 5) is 0. The van der Waals surface area contributed by atoms with Crippen LogP contribution in [0.4, 0.5) is 26.3 Å². The maximum Gasteiger partial charge on any atom is 0.416 e. The van der Waals surface area contributed by atoms with Crippen molar-refractivity contribution in [1.82, 2.24) is 0 Å². The Bertz CT molecular complexity index is 1990. The third kappa shape index (κ3) is 8.60. The Balaban J connectivity index is 1.54. The molecular weight excluding hydrogens is 716 g/mol. The van der Waals surface area contributed by atoms with E-state index in [9.17, 15) is 26.3 Å². The minimum atomic E-state index is -4.94. The van der Waals surface area contributed by atoms with E-state index >= 15 is 0 Å². The minimum absolute atomic E-state index is 0.00325. The van der Waals surface area contributed by atoms with Crippen LogP contribution in [-0.2, 0) is 12.4 Å². The van der Waals surface area contributed by atoms with E-state index in [-0.39, 0.29) is 23.2 Å². The number of rotatable bonds is 8. The molecule has 0 spiro atoms. The predicted octanol–water partition coefficient (Wildman–Crippen LogP) is 11.7. The molecule has 0 bridgehead atoms. The Hall–Kier alpha value is -3.46. The Kier molecular flexibility index (Phi) is 11.4. The topological polar surface area (TPSA) is 0 Å². The zero-order valence-electron chi connectivity index (χ0n) is 31.3. The smallest absolute Gasteiger partial charge is 0.166 e. The van der Waals surface area contributed by atoms with Crippen molar-refractivity contribution in [3.8, 4) is 0 Å². The molecule has 4 unspecified atom stereocenters. The lowest BCUT2D eigenvalue weighted by molar-refractivity contribution is -0.142. The summed E-state index contributed by atoms with van der Waals surface area (Å²) < 4.78 is 85.8. The van der Waals surface area contributed by atoms with Gasteiger partial charge in [-0.05, 0) is 144 Å². The number of alkyl halides is 6. The summed E-state index contributed by atoms with van der Waals surface area (Å²) in [5, 5.41) is 4.32. The molecule has 278 valence electrons. The van der Waals surface area contributed by atoms with E-state index in [1.807, 2.05) is 50.2 Å². The van der Waals surface area contributed by atoms with Crippen LogP contribution in [0.25, 0.3) is 0 Å². The third-order valence-corrected chi connectivity index (χ3v) is 16.1. The first-order valence-electron chi connectivity index (χ1n) is 18.1. The number of halogens is 6. The van der Waals surface area contributed by atoms with E-state index in [0.717, 1.165) is 58.7 Å². The highest BCUT2D eigenvalue weighted by Gasteiger charge is 2.41. The van der Waals surface area contributed by atoms with Crippen molar-refractivity contribution in [2.45, 2.75) is 91.7 Å². The summed E-state index contributed by atoms with van der Waals surface area (Å²) in [5.74, 6) is 0.259. The zero-order chi connectivity index (χ0) is 38.4. The Morgan fingerprint density at radius 2 is 1.08 bits per heavy atom. The van der Waals surface area contributed by atoms with Crippen molar-refractivity contribution < 1.29 is 26.3 Å². The minimum Gasteiger partial charge on any atom is -0.166 e. The molecule has 0 aromatic heterocycles. The summed E-state index contributed by atoms with van der Waals surface area (Å²) >= 11 is 0. The normalized spacial score (nSPS) is 17.7. The molecule has 0 amide bonds. The fraction of sp³-hybridized carbons (Fsp3) is 0.333. The molecule has 0 heterocycles. The lowest BCUT2D eigenvalue weighted by Crippen LogP contribution is -2.31. The van der Waals surface area contributed by atoms with Crippen molar-refractivity contribution in [1.29, 1.82) is 0 Å². The Morgan fingerprint density at radius 1 is 0.547 bits per heavy atom. The molecule has 1 aliphatic carbocycles. The first-order chi connectivity index (χ1) is 24.9. The second-order valence-electron chi connectivity index (χ2n) is 15.0. The molecule has 6 rings (SSSR count). The van der Waals surface area contributed by atoms with Gasteiger partial charge in [-0.25, -0.2) is 0 Å². The van der Waals surface area contributed by atoms with Gasteiger partial charge in [0, 0.05) is 0 Å². The summed E-state index contributed by atoms with van der Waals surface area (Å²) in [6.45, 7) is 14.6. The van der Waals surface area contributed by atoms with Crippen molar-refractivity contribution in [2.75, 3.05) is 0 Å². The van der Waals surface area contributed by atoms with Gasteiger partial charge in [-0.1, -0.05) is 120 Å². The van der Waals surface area contributed by atoms with Gasteiger partial charge in [0.1, 0.15) is 0 Å². The van der Waals surface area contributed by atoms with Crippen molar-refractivity contribution in [2.24, 2.45) is 5.92 Å². The SMILES string of the molecule is Cc1cc(C)cc(P(c2cc(C)cc(C)c2)C2CCCC2C(C)c2ccccc2P(c2cc(C(F)(F)F)cc(C(F)(F)F)c2)c2cc(C)ccc2C)c1. The van der Waals surface area contributed by atoms with E-state index in [2.05, 4.69) is 77.1 Å². The molecule has 1 fully saturated rings. The van der Waals surface area contributed by atoms with Crippen LogP contribution in [-0.4, -0.2) is 5.66 Å². The second kappa shape index (κ2) is 15.3. The zero-order valence-corrected chi connectivity index (χ0v) is 33.0. The van der Waals surface area contributed by atoms with Gasteiger partial charge in [0.25, 0.3) is 0 Å². The van der Waals surface area contributed by atoms with Crippen LogP contribution < -0.4 is 26.5 Å². The van der Waals surface area contributed by atoms with Gasteiger partial charge in [0.2, 0.25) is 0 Å². The molecule has 0 radical (unpaired) electrons. The Labute approximate surface area is 312 Å². The highest BCUT2D eigenvalue weighted by Crippen LogP contribution is 2.55. The lowest BCUT2D eigenvalue weighted by Gasteiger charge is -2.36. The fourth-order valence-electron chi connectivity index (χ4n) is 8.33. The monoisotopic (exact) mass is 762 g/mol. The predicted molar refractivity (Wildman–Crippen MR) is 212 cm³/mol. The number of aryl methyl sites for hydroxylation is 6. The van der Waals surface area contributed by atoms with Gasteiger partial charge in [0.15, 0.2) is 0 Å². The fourth-order valence-corrected chi connectivity index (χ4v) is 14.9. The van der Waals surface area contributed by atoms with Crippen LogP contribution in [0.5, 0.6) is 0 Å². The van der Waals surface area contributed by atoms with E-state index in [1.165, 1.54) is 32.9 Å². The summed E-state index contributed by atoms with van der Waals surface area (Å²) in [5.41, 5.74) is 5.41. The van der Waals surface area contributed by atoms with Gasteiger partial charge in [-0.15, -0.1) is 0 Å². The van der Waals surface area contributed by atoms with Crippen LogP contribution in [0.15, 0.2) is 97.1 Å². The molecule has 5 aromatic carbocycles. The molecule has 0 saturated heterocycles. The Morgan fingerprint density at radius 3 is 1.60 bits per heavy atom. The second-order valence-corrected chi connectivity index (χ2v) is 19.5. The van der Waals surface area contributed by atoms with E-state index in [1.54, 1.807) is 0 Å². The lowest BCUT2D eigenvalue weighted by atomic mass is 9.86. The van der Waals surface area contributed by atoms with Crippen LogP contribution >= 0.6 is 15.8 Å². The molecule has 0 aliphatic heterocycles. The molecule has 1 saturated carbocycles. The van der Waals surface area contributed by atoms with Crippen LogP contribution in [0.3, 0.4) is 0 Å². The van der Waals surface area contributed by atoms with Crippen molar-refractivity contribution >= 4 is 42.4 Å². The van der Waals surface area contributed by atoms with Crippen molar-refractivity contribution in [3.05, 3.63) is 147 Å². The summed E-state index contributed by atoms with van der Waals surface area (Å²) in [6, 6.07) is 29.5. The largest absolute Gasteiger partial charge is 0.416 e. The van der Waals surface area contributed by atoms with Crippen molar-refractivity contribution in [3.63, 3.8) is 0 Å². The molecular formula is C45H46F6P2. The number of hydrogen-bond donors (Lipinski definition) is 0. The van der Waals surface area contributed by atoms with Crippen LogP contribution in [0.1, 0.15) is 82.2 Å². The summed E-state index contributed by atoms with van der Waals surface area (Å²) in [6.07, 6.45) is -6.77. The maximum atomic E-state index is 14.3. The maximum absolute atomic E-state index is 14.3. The number of benzene rings is 5. The van der Waals surface area contributed by atoms with Crippen LogP contribution in [0.2, 0.25) is 0 Å².